The fourth-order valence-electron chi connectivity index (χ4n) is 2.68. The van der Waals surface area contributed by atoms with Crippen molar-refractivity contribution in [3.63, 3.8) is 0 Å². The van der Waals surface area contributed by atoms with Gasteiger partial charge in [-0.15, -0.1) is 0 Å². The van der Waals surface area contributed by atoms with E-state index in [0.717, 1.165) is 0 Å². The van der Waals surface area contributed by atoms with Gasteiger partial charge < -0.3 is 19.5 Å². The van der Waals surface area contributed by atoms with Gasteiger partial charge in [-0.1, -0.05) is 13.8 Å². The van der Waals surface area contributed by atoms with Gasteiger partial charge in [0.1, 0.15) is 11.5 Å². The Kier molecular flexibility index (Phi) is 5.50. The maximum absolute atomic E-state index is 12.3. The molecule has 0 aliphatic carbocycles. The molecule has 2 aromatic heterocycles. The van der Waals surface area contributed by atoms with Gasteiger partial charge in [-0.05, 0) is 18.1 Å². The minimum atomic E-state index is -0.216. The SMILES string of the molecule is CC(C)CNC(=O)c1cnc(N2CCN(C(=O)c3ccco3)CC2)cn1. The molecule has 8 heteroatoms. The zero-order valence-corrected chi connectivity index (χ0v) is 15.0. The molecule has 3 rings (SSSR count). The minimum absolute atomic E-state index is 0.0992. The van der Waals surface area contributed by atoms with Gasteiger partial charge in [-0.2, -0.15) is 0 Å². The number of aromatic nitrogens is 2. The van der Waals surface area contributed by atoms with Crippen molar-refractivity contribution in [2.45, 2.75) is 13.8 Å². The number of carbonyl (C=O) groups is 2. The summed E-state index contributed by atoms with van der Waals surface area (Å²) in [5.41, 5.74) is 0.307. The van der Waals surface area contributed by atoms with Crippen LogP contribution in [0.1, 0.15) is 34.9 Å². The van der Waals surface area contributed by atoms with Gasteiger partial charge >= 0.3 is 0 Å². The number of hydrogen-bond donors (Lipinski definition) is 1. The zero-order valence-electron chi connectivity index (χ0n) is 15.0. The van der Waals surface area contributed by atoms with E-state index in [0.29, 0.717) is 55.9 Å². The number of carbonyl (C=O) groups excluding carboxylic acids is 2. The lowest BCUT2D eigenvalue weighted by atomic mass is 10.2. The predicted octanol–water partition coefficient (Wildman–Crippen LogP) is 1.42. The van der Waals surface area contributed by atoms with Crippen molar-refractivity contribution in [1.29, 1.82) is 0 Å². The molecule has 1 N–H and O–H groups in total. The van der Waals surface area contributed by atoms with E-state index in [1.54, 1.807) is 23.2 Å². The molecule has 0 spiro atoms. The minimum Gasteiger partial charge on any atom is -0.459 e. The van der Waals surface area contributed by atoms with Crippen LogP contribution in [-0.2, 0) is 0 Å². The fraction of sp³-hybridized carbons (Fsp3) is 0.444. The molecule has 1 fully saturated rings. The highest BCUT2D eigenvalue weighted by Gasteiger charge is 2.24. The highest BCUT2D eigenvalue weighted by Crippen LogP contribution is 2.14. The summed E-state index contributed by atoms with van der Waals surface area (Å²) >= 11 is 0. The van der Waals surface area contributed by atoms with E-state index >= 15 is 0 Å². The lowest BCUT2D eigenvalue weighted by Gasteiger charge is -2.34. The topological polar surface area (TPSA) is 91.6 Å². The van der Waals surface area contributed by atoms with E-state index in [1.807, 2.05) is 13.8 Å². The molecule has 1 saturated heterocycles. The summed E-state index contributed by atoms with van der Waals surface area (Å²) in [7, 11) is 0. The second kappa shape index (κ2) is 7.99. The summed E-state index contributed by atoms with van der Waals surface area (Å²) in [6.45, 7) is 7.14. The quantitative estimate of drug-likeness (QED) is 0.870. The second-order valence-electron chi connectivity index (χ2n) is 6.62. The maximum atomic E-state index is 12.3. The molecule has 1 aliphatic rings. The molecule has 2 amide bonds. The van der Waals surface area contributed by atoms with Crippen LogP contribution in [0.15, 0.2) is 35.2 Å². The third kappa shape index (κ3) is 4.19. The van der Waals surface area contributed by atoms with E-state index in [4.69, 9.17) is 4.42 Å². The molecule has 3 heterocycles. The Labute approximate surface area is 152 Å². The number of anilines is 1. The van der Waals surface area contributed by atoms with Gasteiger partial charge in [0.15, 0.2) is 5.76 Å². The first-order valence-corrected chi connectivity index (χ1v) is 8.72. The van der Waals surface area contributed by atoms with Crippen molar-refractivity contribution in [2.75, 3.05) is 37.6 Å². The monoisotopic (exact) mass is 357 g/mol. The van der Waals surface area contributed by atoms with Crippen LogP contribution in [-0.4, -0.2) is 59.4 Å². The molecular weight excluding hydrogens is 334 g/mol. The van der Waals surface area contributed by atoms with Crippen LogP contribution in [0, 0.1) is 5.92 Å². The van der Waals surface area contributed by atoms with Crippen molar-refractivity contribution in [3.8, 4) is 0 Å². The summed E-state index contributed by atoms with van der Waals surface area (Å²) < 4.78 is 5.17. The number of nitrogens with zero attached hydrogens (tertiary/aromatic N) is 4. The Morgan fingerprint density at radius 3 is 2.54 bits per heavy atom. The van der Waals surface area contributed by atoms with Gasteiger partial charge in [-0.3, -0.25) is 9.59 Å². The standard InChI is InChI=1S/C18H23N5O3/c1-13(2)10-21-17(24)14-11-20-16(12-19-14)22-5-7-23(8-6-22)18(25)15-4-3-9-26-15/h3-4,9,11-13H,5-8,10H2,1-2H3,(H,21,24). The molecule has 8 nitrogen and oxygen atoms in total. The van der Waals surface area contributed by atoms with Crippen molar-refractivity contribution in [2.24, 2.45) is 5.92 Å². The Morgan fingerprint density at radius 1 is 1.19 bits per heavy atom. The van der Waals surface area contributed by atoms with E-state index in [2.05, 4.69) is 20.2 Å². The van der Waals surface area contributed by atoms with Gasteiger partial charge in [0.05, 0.1) is 18.7 Å². The fourth-order valence-corrected chi connectivity index (χ4v) is 2.68. The summed E-state index contributed by atoms with van der Waals surface area (Å²) in [5, 5.41) is 2.82. The first-order chi connectivity index (χ1) is 12.5. The van der Waals surface area contributed by atoms with Crippen molar-refractivity contribution in [1.82, 2.24) is 20.2 Å². The number of rotatable bonds is 5. The van der Waals surface area contributed by atoms with E-state index < -0.39 is 0 Å². The largest absolute Gasteiger partial charge is 0.459 e. The van der Waals surface area contributed by atoms with Crippen LogP contribution >= 0.6 is 0 Å². The third-order valence-corrected chi connectivity index (χ3v) is 4.16. The summed E-state index contributed by atoms with van der Waals surface area (Å²) in [6, 6.07) is 3.38. The molecule has 26 heavy (non-hydrogen) atoms. The van der Waals surface area contributed by atoms with Crippen molar-refractivity contribution >= 4 is 17.6 Å². The van der Waals surface area contributed by atoms with Gasteiger partial charge in [-0.25, -0.2) is 9.97 Å². The van der Waals surface area contributed by atoms with Crippen LogP contribution in [0.3, 0.4) is 0 Å². The zero-order chi connectivity index (χ0) is 18.5. The average Bonchev–Trinajstić information content (AvgIpc) is 3.20. The number of amides is 2. The van der Waals surface area contributed by atoms with Gasteiger partial charge in [0.2, 0.25) is 0 Å². The molecule has 0 unspecified atom stereocenters. The number of hydrogen-bond acceptors (Lipinski definition) is 6. The molecule has 138 valence electrons. The molecule has 0 saturated carbocycles. The Balaban J connectivity index is 1.54. The molecule has 0 aromatic carbocycles. The lowest BCUT2D eigenvalue weighted by molar-refractivity contribution is 0.0714. The summed E-state index contributed by atoms with van der Waals surface area (Å²) in [5.74, 6) is 1.13. The molecule has 0 atom stereocenters. The van der Waals surface area contributed by atoms with Crippen LogP contribution in [0.4, 0.5) is 5.82 Å². The Hall–Kier alpha value is -2.90. The van der Waals surface area contributed by atoms with Gasteiger partial charge in [0, 0.05) is 32.7 Å². The Bertz CT molecular complexity index is 735. The molecule has 0 bridgehead atoms. The lowest BCUT2D eigenvalue weighted by Crippen LogP contribution is -2.49. The average molecular weight is 357 g/mol. The number of nitrogens with one attached hydrogen (secondary N) is 1. The Morgan fingerprint density at radius 2 is 1.96 bits per heavy atom. The normalized spacial score (nSPS) is 14.6. The van der Waals surface area contributed by atoms with Crippen molar-refractivity contribution < 1.29 is 14.0 Å². The van der Waals surface area contributed by atoms with E-state index in [1.165, 1.54) is 12.5 Å². The maximum Gasteiger partial charge on any atom is 0.289 e. The van der Waals surface area contributed by atoms with Gasteiger partial charge in [0.25, 0.3) is 11.8 Å². The molecule has 0 radical (unpaired) electrons. The van der Waals surface area contributed by atoms with E-state index in [-0.39, 0.29) is 11.8 Å². The van der Waals surface area contributed by atoms with Crippen molar-refractivity contribution in [3.05, 3.63) is 42.2 Å². The van der Waals surface area contributed by atoms with Crippen LogP contribution in [0.2, 0.25) is 0 Å². The van der Waals surface area contributed by atoms with Crippen LogP contribution < -0.4 is 10.2 Å². The highest BCUT2D eigenvalue weighted by atomic mass is 16.3. The van der Waals surface area contributed by atoms with Crippen LogP contribution in [0.5, 0.6) is 0 Å². The predicted molar refractivity (Wildman–Crippen MR) is 96.0 cm³/mol. The highest BCUT2D eigenvalue weighted by molar-refractivity contribution is 5.92. The van der Waals surface area contributed by atoms with Crippen LogP contribution in [0.25, 0.3) is 0 Å². The first kappa shape index (κ1) is 17.9. The molecular formula is C18H23N5O3. The molecule has 1 aliphatic heterocycles. The number of furan rings is 1. The first-order valence-electron chi connectivity index (χ1n) is 8.72. The number of piperazine rings is 1. The third-order valence-electron chi connectivity index (χ3n) is 4.16. The smallest absolute Gasteiger partial charge is 0.289 e. The summed E-state index contributed by atoms with van der Waals surface area (Å²) in [6.07, 6.45) is 4.59. The second-order valence-corrected chi connectivity index (χ2v) is 6.62. The summed E-state index contributed by atoms with van der Waals surface area (Å²) in [4.78, 5) is 36.6. The molecule has 2 aromatic rings. The van der Waals surface area contributed by atoms with E-state index in [9.17, 15) is 9.59 Å².